The van der Waals surface area contributed by atoms with E-state index in [-0.39, 0.29) is 18.1 Å². The molecule has 1 aromatic rings. The fraction of sp³-hybridized carbons (Fsp3) is 0.600. The number of hydrogen-bond acceptors (Lipinski definition) is 4. The van der Waals surface area contributed by atoms with Crippen LogP contribution in [0.2, 0.25) is 0 Å². The van der Waals surface area contributed by atoms with Gasteiger partial charge in [-0.3, -0.25) is 9.48 Å². The van der Waals surface area contributed by atoms with Crippen molar-refractivity contribution >= 4 is 11.6 Å². The van der Waals surface area contributed by atoms with Gasteiger partial charge in [0.1, 0.15) is 5.69 Å². The number of rotatable bonds is 2. The topological polar surface area (TPSA) is 82.2 Å². The molecule has 1 amide bonds. The van der Waals surface area contributed by atoms with Gasteiger partial charge in [0.15, 0.2) is 0 Å². The highest BCUT2D eigenvalue weighted by Crippen LogP contribution is 2.15. The molecule has 2 rings (SSSR count). The van der Waals surface area contributed by atoms with Gasteiger partial charge in [-0.15, -0.1) is 0 Å². The maximum atomic E-state index is 11.9. The molecular formula is C10H16N4O2. The molecule has 0 aliphatic carbocycles. The lowest BCUT2D eigenvalue weighted by molar-refractivity contribution is 0.0859. The second-order valence-corrected chi connectivity index (χ2v) is 4.02. The van der Waals surface area contributed by atoms with Crippen molar-refractivity contribution < 1.29 is 9.53 Å². The molecule has 1 fully saturated rings. The first-order valence-electron chi connectivity index (χ1n) is 5.29. The third-order valence-electron chi connectivity index (χ3n) is 2.87. The van der Waals surface area contributed by atoms with Crippen LogP contribution in [0.3, 0.4) is 0 Å². The standard InChI is InChI=1S/C10H16N4O2/c1-6-8(3-4-16-6)13-10(15)9-7(11)5-12-14(9)2/h5-6,8H,3-4,11H2,1-2H3,(H,13,15). The van der Waals surface area contributed by atoms with Crippen molar-refractivity contribution in [1.82, 2.24) is 15.1 Å². The van der Waals surface area contributed by atoms with E-state index in [1.807, 2.05) is 6.92 Å². The summed E-state index contributed by atoms with van der Waals surface area (Å²) in [4.78, 5) is 11.9. The first-order valence-corrected chi connectivity index (χ1v) is 5.29. The number of nitrogens with zero attached hydrogens (tertiary/aromatic N) is 2. The molecule has 0 aromatic carbocycles. The molecule has 2 atom stereocenters. The Balaban J connectivity index is 2.08. The molecule has 1 aliphatic heterocycles. The highest BCUT2D eigenvalue weighted by atomic mass is 16.5. The second-order valence-electron chi connectivity index (χ2n) is 4.02. The van der Waals surface area contributed by atoms with E-state index in [0.717, 1.165) is 6.42 Å². The third-order valence-corrected chi connectivity index (χ3v) is 2.87. The van der Waals surface area contributed by atoms with Gasteiger partial charge in [-0.05, 0) is 13.3 Å². The van der Waals surface area contributed by atoms with Crippen LogP contribution in [0.15, 0.2) is 6.20 Å². The van der Waals surface area contributed by atoms with Gasteiger partial charge in [0.05, 0.1) is 24.0 Å². The van der Waals surface area contributed by atoms with E-state index >= 15 is 0 Å². The average molecular weight is 224 g/mol. The van der Waals surface area contributed by atoms with Gasteiger partial charge in [0.2, 0.25) is 0 Å². The maximum Gasteiger partial charge on any atom is 0.271 e. The summed E-state index contributed by atoms with van der Waals surface area (Å²) in [5.41, 5.74) is 6.47. The van der Waals surface area contributed by atoms with E-state index in [9.17, 15) is 4.79 Å². The Morgan fingerprint density at radius 2 is 2.50 bits per heavy atom. The van der Waals surface area contributed by atoms with E-state index < -0.39 is 0 Å². The van der Waals surface area contributed by atoms with Gasteiger partial charge in [-0.25, -0.2) is 0 Å². The van der Waals surface area contributed by atoms with Gasteiger partial charge < -0.3 is 15.8 Å². The Kier molecular flexibility index (Phi) is 2.82. The van der Waals surface area contributed by atoms with Crippen LogP contribution in [0, 0.1) is 0 Å². The molecule has 6 heteroatoms. The average Bonchev–Trinajstić information content (AvgIpc) is 2.75. The van der Waals surface area contributed by atoms with Crippen LogP contribution < -0.4 is 11.1 Å². The molecule has 0 saturated carbocycles. The number of carbonyl (C=O) groups is 1. The minimum absolute atomic E-state index is 0.0541. The Hall–Kier alpha value is -1.56. The minimum Gasteiger partial charge on any atom is -0.396 e. The molecule has 1 saturated heterocycles. The van der Waals surface area contributed by atoms with E-state index in [0.29, 0.717) is 18.0 Å². The highest BCUT2D eigenvalue weighted by Gasteiger charge is 2.27. The summed E-state index contributed by atoms with van der Waals surface area (Å²) in [5, 5.41) is 6.84. The number of aromatic nitrogens is 2. The van der Waals surface area contributed by atoms with Gasteiger partial charge in [0.25, 0.3) is 5.91 Å². The predicted octanol–water partition coefficient (Wildman–Crippen LogP) is -0.0905. The number of anilines is 1. The smallest absolute Gasteiger partial charge is 0.271 e. The van der Waals surface area contributed by atoms with Crippen molar-refractivity contribution in [2.75, 3.05) is 12.3 Å². The number of hydrogen-bond donors (Lipinski definition) is 2. The number of nitrogens with one attached hydrogen (secondary N) is 1. The van der Waals surface area contributed by atoms with Crippen molar-refractivity contribution in [3.05, 3.63) is 11.9 Å². The monoisotopic (exact) mass is 224 g/mol. The molecule has 88 valence electrons. The van der Waals surface area contributed by atoms with Gasteiger partial charge in [-0.2, -0.15) is 5.10 Å². The highest BCUT2D eigenvalue weighted by molar-refractivity contribution is 5.97. The normalized spacial score (nSPS) is 24.6. The summed E-state index contributed by atoms with van der Waals surface area (Å²) in [6.45, 7) is 2.64. The van der Waals surface area contributed by atoms with Crippen molar-refractivity contribution in [1.29, 1.82) is 0 Å². The Labute approximate surface area is 93.8 Å². The van der Waals surface area contributed by atoms with Crippen molar-refractivity contribution in [3.8, 4) is 0 Å². The molecule has 3 N–H and O–H groups in total. The van der Waals surface area contributed by atoms with Crippen molar-refractivity contribution in [2.24, 2.45) is 7.05 Å². The van der Waals surface area contributed by atoms with E-state index in [1.165, 1.54) is 10.9 Å². The van der Waals surface area contributed by atoms with Crippen LogP contribution in [-0.2, 0) is 11.8 Å². The molecule has 0 bridgehead atoms. The maximum absolute atomic E-state index is 11.9. The molecule has 1 aromatic heterocycles. The number of nitrogens with two attached hydrogens (primary N) is 1. The summed E-state index contributed by atoms with van der Waals surface area (Å²) in [7, 11) is 1.69. The Bertz CT molecular complexity index is 382. The third kappa shape index (κ3) is 1.88. The van der Waals surface area contributed by atoms with Crippen LogP contribution in [0.25, 0.3) is 0 Å². The lowest BCUT2D eigenvalue weighted by Gasteiger charge is -2.16. The quantitative estimate of drug-likeness (QED) is 0.735. The summed E-state index contributed by atoms with van der Waals surface area (Å²) in [5.74, 6) is -0.195. The molecular weight excluding hydrogens is 208 g/mol. The predicted molar refractivity (Wildman–Crippen MR) is 58.9 cm³/mol. The SMILES string of the molecule is CC1OCCC1NC(=O)c1c(N)cnn1C. The number of ether oxygens (including phenoxy) is 1. The molecule has 1 aliphatic rings. The number of carbonyl (C=O) groups excluding carboxylic acids is 1. The number of aryl methyl sites for hydroxylation is 1. The first kappa shape index (κ1) is 10.9. The van der Waals surface area contributed by atoms with E-state index in [1.54, 1.807) is 7.05 Å². The van der Waals surface area contributed by atoms with Crippen LogP contribution in [0.1, 0.15) is 23.8 Å². The van der Waals surface area contributed by atoms with E-state index in [4.69, 9.17) is 10.5 Å². The summed E-state index contributed by atoms with van der Waals surface area (Å²) < 4.78 is 6.85. The molecule has 0 spiro atoms. The zero-order valence-electron chi connectivity index (χ0n) is 9.43. The zero-order chi connectivity index (χ0) is 11.7. The van der Waals surface area contributed by atoms with Crippen molar-refractivity contribution in [2.45, 2.75) is 25.5 Å². The summed E-state index contributed by atoms with van der Waals surface area (Å²) in [6.07, 6.45) is 2.37. The summed E-state index contributed by atoms with van der Waals surface area (Å²) in [6, 6.07) is 0.0572. The molecule has 16 heavy (non-hydrogen) atoms. The molecule has 0 radical (unpaired) electrons. The van der Waals surface area contributed by atoms with Crippen molar-refractivity contribution in [3.63, 3.8) is 0 Å². The fourth-order valence-electron chi connectivity index (χ4n) is 1.89. The van der Waals surface area contributed by atoms with Crippen LogP contribution in [0.4, 0.5) is 5.69 Å². The number of amides is 1. The zero-order valence-corrected chi connectivity index (χ0v) is 9.43. The van der Waals surface area contributed by atoms with Crippen LogP contribution >= 0.6 is 0 Å². The first-order chi connectivity index (χ1) is 7.59. The van der Waals surface area contributed by atoms with Gasteiger partial charge in [-0.1, -0.05) is 0 Å². The van der Waals surface area contributed by atoms with Crippen LogP contribution in [-0.4, -0.2) is 34.4 Å². The fourth-order valence-corrected chi connectivity index (χ4v) is 1.89. The van der Waals surface area contributed by atoms with Gasteiger partial charge >= 0.3 is 0 Å². The minimum atomic E-state index is -0.195. The summed E-state index contributed by atoms with van der Waals surface area (Å²) >= 11 is 0. The largest absolute Gasteiger partial charge is 0.396 e. The number of nitrogen functional groups attached to an aromatic ring is 1. The molecule has 2 heterocycles. The lowest BCUT2D eigenvalue weighted by Crippen LogP contribution is -2.40. The van der Waals surface area contributed by atoms with Crippen LogP contribution in [0.5, 0.6) is 0 Å². The Morgan fingerprint density at radius 3 is 3.00 bits per heavy atom. The Morgan fingerprint density at radius 1 is 1.75 bits per heavy atom. The molecule has 6 nitrogen and oxygen atoms in total. The lowest BCUT2D eigenvalue weighted by atomic mass is 10.1. The van der Waals surface area contributed by atoms with E-state index in [2.05, 4.69) is 10.4 Å². The second kappa shape index (κ2) is 4.13. The molecule has 2 unspecified atom stereocenters. The van der Waals surface area contributed by atoms with Gasteiger partial charge in [0, 0.05) is 13.7 Å².